The zero-order valence-electron chi connectivity index (χ0n) is 7.34. The molecule has 0 heterocycles. The summed E-state index contributed by atoms with van der Waals surface area (Å²) in [5.74, 6) is 0.750. The fraction of sp³-hybridized carbons (Fsp3) is 0. The summed E-state index contributed by atoms with van der Waals surface area (Å²) in [5.41, 5.74) is 0. The van der Waals surface area contributed by atoms with Crippen molar-refractivity contribution in [3.05, 3.63) is 62.1 Å². The van der Waals surface area contributed by atoms with E-state index in [4.69, 9.17) is 0 Å². The molecule has 0 atom stereocenters. The molecule has 2 aliphatic carbocycles. The number of rotatable bonds is 1. The molecular weight excluding hydrogens is 284 g/mol. The number of hydrogen-bond acceptors (Lipinski definition) is 1. The maximum absolute atomic E-state index is 9.87. The molecule has 0 saturated heterocycles. The van der Waals surface area contributed by atoms with Crippen LogP contribution < -0.4 is 0 Å². The first-order chi connectivity index (χ1) is 6.33. The van der Waals surface area contributed by atoms with Crippen molar-refractivity contribution >= 4 is 22.2 Å². The molecule has 2 saturated carbocycles. The van der Waals surface area contributed by atoms with Crippen LogP contribution in [0.1, 0.15) is 0 Å². The largest absolute Gasteiger partial charge is 2.00 e. The minimum atomic E-state index is 0. The Balaban J connectivity index is 0.000000227. The predicted octanol–water partition coefficient (Wildman–Crippen LogP) is 2.33. The van der Waals surface area contributed by atoms with Crippen LogP contribution in [0, 0.1) is 62.1 Å². The molecule has 10 radical (unpaired) electrons. The Morgan fingerprint density at radius 2 is 1.36 bits per heavy atom. The molecule has 0 bridgehead atoms. The molecule has 2 fully saturated rings. The molecule has 14 heavy (non-hydrogen) atoms. The third-order valence-electron chi connectivity index (χ3n) is 1.45. The second-order valence-electron chi connectivity index (χ2n) is 2.44. The molecule has 2 aliphatic rings. The molecule has 1 nitrogen and oxygen atoms in total. The summed E-state index contributed by atoms with van der Waals surface area (Å²) in [7, 11) is 0. The summed E-state index contributed by atoms with van der Waals surface area (Å²) in [6.45, 7) is 0. The SMILES string of the molecule is Br[C]1[CH][CH][CH][CH]1.O=C[C]1[CH][CH][CH][CH]1.[Fe+2]. The van der Waals surface area contributed by atoms with E-state index in [1.54, 1.807) is 12.8 Å². The van der Waals surface area contributed by atoms with E-state index in [1.165, 1.54) is 0 Å². The van der Waals surface area contributed by atoms with Crippen LogP contribution >= 0.6 is 15.9 Å². The van der Waals surface area contributed by atoms with E-state index in [-0.39, 0.29) is 17.1 Å². The first-order valence-corrected chi connectivity index (χ1v) is 4.66. The van der Waals surface area contributed by atoms with Crippen molar-refractivity contribution in [2.45, 2.75) is 0 Å². The third-order valence-corrected chi connectivity index (χ3v) is 1.98. The van der Waals surface area contributed by atoms with Crippen LogP contribution in [0.5, 0.6) is 0 Å². The zero-order chi connectivity index (χ0) is 9.52. The van der Waals surface area contributed by atoms with Gasteiger partial charge in [0.1, 0.15) is 6.29 Å². The first kappa shape index (κ1) is 14.7. The number of halogens is 1. The van der Waals surface area contributed by atoms with Gasteiger partial charge in [-0.2, -0.15) is 0 Å². The maximum Gasteiger partial charge on any atom is 2.00 e. The van der Waals surface area contributed by atoms with E-state index in [2.05, 4.69) is 15.9 Å². The van der Waals surface area contributed by atoms with Gasteiger partial charge in [0.25, 0.3) is 0 Å². The molecule has 2 rings (SSSR count). The quantitative estimate of drug-likeness (QED) is 0.535. The monoisotopic (exact) mass is 292 g/mol. The van der Waals surface area contributed by atoms with Crippen molar-refractivity contribution in [3.8, 4) is 0 Å². The van der Waals surface area contributed by atoms with Crippen LogP contribution in [0.2, 0.25) is 0 Å². The van der Waals surface area contributed by atoms with Crippen LogP contribution in [0.15, 0.2) is 0 Å². The summed E-state index contributed by atoms with van der Waals surface area (Å²) in [6, 6.07) is 0. The van der Waals surface area contributed by atoms with Crippen LogP contribution in [-0.2, 0) is 21.9 Å². The molecule has 72 valence electrons. The van der Waals surface area contributed by atoms with E-state index < -0.39 is 0 Å². The standard InChI is InChI=1S/C6H5O.C5H4Br.Fe/c7-5-6-3-1-2-4-6;6-5-3-1-2-4-5;/h1-5H;1-4H;/q;;+2. The van der Waals surface area contributed by atoms with Gasteiger partial charge in [0.05, 0.1) is 0 Å². The Labute approximate surface area is 106 Å². The molecular formula is C11H9BrFeO+2. The normalized spacial score (nSPS) is 22.4. The van der Waals surface area contributed by atoms with Gasteiger partial charge >= 0.3 is 17.1 Å². The Hall–Kier alpha value is 0.669. The molecule has 0 N–H and O–H groups in total. The zero-order valence-corrected chi connectivity index (χ0v) is 10.0. The Kier molecular flexibility index (Phi) is 9.36. The summed E-state index contributed by atoms with van der Waals surface area (Å²) in [5, 5.41) is 0. The summed E-state index contributed by atoms with van der Waals surface area (Å²) in [6.07, 6.45) is 16.0. The fourth-order valence-electron chi connectivity index (χ4n) is 0.818. The van der Waals surface area contributed by atoms with Crippen LogP contribution in [0.25, 0.3) is 0 Å². The van der Waals surface area contributed by atoms with Gasteiger partial charge in [0.2, 0.25) is 0 Å². The van der Waals surface area contributed by atoms with Gasteiger partial charge in [-0.1, -0.05) is 15.9 Å². The van der Waals surface area contributed by atoms with E-state index >= 15 is 0 Å². The average molecular weight is 293 g/mol. The first-order valence-electron chi connectivity index (χ1n) is 3.87. The fourth-order valence-corrected chi connectivity index (χ4v) is 1.12. The molecule has 3 heteroatoms. The molecule has 0 aliphatic heterocycles. The van der Waals surface area contributed by atoms with Gasteiger partial charge in [-0.15, -0.1) is 0 Å². The molecule has 0 amide bonds. The topological polar surface area (TPSA) is 17.1 Å². The van der Waals surface area contributed by atoms with Crippen molar-refractivity contribution in [3.63, 3.8) is 0 Å². The average Bonchev–Trinajstić information content (AvgIpc) is 2.76. The minimum Gasteiger partial charge on any atom is -0.303 e. The number of aldehydes is 1. The van der Waals surface area contributed by atoms with Crippen LogP contribution in [0.4, 0.5) is 0 Å². The molecule has 0 spiro atoms. The van der Waals surface area contributed by atoms with E-state index in [0.29, 0.717) is 0 Å². The number of carbonyl (C=O) groups excluding carboxylic acids is 1. The van der Waals surface area contributed by atoms with E-state index in [1.807, 2.05) is 38.5 Å². The number of carbonyl (C=O) groups is 1. The van der Waals surface area contributed by atoms with Gasteiger partial charge in [-0.05, 0) is 51.4 Å². The Morgan fingerprint density at radius 1 is 0.929 bits per heavy atom. The summed E-state index contributed by atoms with van der Waals surface area (Å²) >= 11 is 3.28. The smallest absolute Gasteiger partial charge is 0.303 e. The predicted molar refractivity (Wildman–Crippen MR) is 55.9 cm³/mol. The maximum atomic E-state index is 9.87. The molecule has 0 unspecified atom stereocenters. The van der Waals surface area contributed by atoms with Crippen molar-refractivity contribution in [2.24, 2.45) is 0 Å². The van der Waals surface area contributed by atoms with Gasteiger partial charge in [0.15, 0.2) is 0 Å². The Morgan fingerprint density at radius 3 is 1.57 bits per heavy atom. The second-order valence-corrected chi connectivity index (χ2v) is 3.35. The van der Waals surface area contributed by atoms with Gasteiger partial charge in [-0.25, -0.2) is 0 Å². The second kappa shape index (κ2) is 8.94. The van der Waals surface area contributed by atoms with Crippen molar-refractivity contribution < 1.29 is 21.9 Å². The van der Waals surface area contributed by atoms with Crippen molar-refractivity contribution in [1.29, 1.82) is 0 Å². The van der Waals surface area contributed by atoms with Crippen LogP contribution in [-0.4, -0.2) is 6.29 Å². The van der Waals surface area contributed by atoms with Gasteiger partial charge in [0, 0.05) is 10.7 Å². The van der Waals surface area contributed by atoms with Gasteiger partial charge < -0.3 is 4.79 Å². The summed E-state index contributed by atoms with van der Waals surface area (Å²) < 4.78 is 0. The van der Waals surface area contributed by atoms with E-state index in [0.717, 1.165) is 17.0 Å². The number of hydrogen-bond donors (Lipinski definition) is 0. The Bertz CT molecular complexity index is 140. The van der Waals surface area contributed by atoms with E-state index in [9.17, 15) is 4.79 Å². The summed E-state index contributed by atoms with van der Waals surface area (Å²) in [4.78, 5) is 11.0. The molecule has 0 aromatic carbocycles. The van der Waals surface area contributed by atoms with Crippen molar-refractivity contribution in [2.75, 3.05) is 0 Å². The molecule has 0 aromatic heterocycles. The molecule has 0 aromatic rings. The minimum absolute atomic E-state index is 0. The van der Waals surface area contributed by atoms with Crippen molar-refractivity contribution in [1.82, 2.24) is 0 Å². The van der Waals surface area contributed by atoms with Gasteiger partial charge in [-0.3, -0.25) is 0 Å². The third kappa shape index (κ3) is 6.21. The van der Waals surface area contributed by atoms with Crippen LogP contribution in [0.3, 0.4) is 0 Å².